The summed E-state index contributed by atoms with van der Waals surface area (Å²) in [7, 11) is 1.69. The summed E-state index contributed by atoms with van der Waals surface area (Å²) in [5.41, 5.74) is 1.10. The number of anilines is 1. The van der Waals surface area contributed by atoms with Gasteiger partial charge in [0.2, 0.25) is 5.91 Å². The van der Waals surface area contributed by atoms with Crippen molar-refractivity contribution in [2.75, 3.05) is 18.5 Å². The minimum atomic E-state index is -5.02. The fourth-order valence-electron chi connectivity index (χ4n) is 6.01. The number of carbonyl (C=O) groups is 2. The normalized spacial score (nSPS) is 20.8. The van der Waals surface area contributed by atoms with Crippen LogP contribution in [0.3, 0.4) is 0 Å². The summed E-state index contributed by atoms with van der Waals surface area (Å²) in [4.78, 5) is 28.5. The van der Waals surface area contributed by atoms with Crippen LogP contribution in [0.2, 0.25) is 0 Å². The van der Waals surface area contributed by atoms with E-state index in [1.54, 1.807) is 18.9 Å². The number of rotatable bonds is 6. The van der Waals surface area contributed by atoms with Crippen LogP contribution < -0.4 is 4.90 Å². The van der Waals surface area contributed by atoms with E-state index in [2.05, 4.69) is 33.8 Å². The Morgan fingerprint density at radius 3 is 2.16 bits per heavy atom. The van der Waals surface area contributed by atoms with Gasteiger partial charge in [0.05, 0.1) is 22.9 Å². The Kier molecular flexibility index (Phi) is 8.94. The average Bonchev–Trinajstić information content (AvgIpc) is 3.19. The van der Waals surface area contributed by atoms with Gasteiger partial charge in [0.25, 0.3) is 0 Å². The third-order valence-corrected chi connectivity index (χ3v) is 8.71. The minimum Gasteiger partial charge on any atom is -0.439 e. The number of ether oxygens (including phenoxy) is 1. The maximum Gasteiger partial charge on any atom is 0.416 e. The quantitative estimate of drug-likeness (QED) is 0.301. The van der Waals surface area contributed by atoms with Crippen LogP contribution in [0.15, 0.2) is 42.0 Å². The van der Waals surface area contributed by atoms with Crippen molar-refractivity contribution in [3.8, 4) is 0 Å². The Bertz CT molecular complexity index is 1440. The zero-order valence-corrected chi connectivity index (χ0v) is 25.9. The highest BCUT2D eigenvalue weighted by atomic mass is 19.4. The van der Waals surface area contributed by atoms with E-state index in [0.717, 1.165) is 28.7 Å². The second-order valence-electron chi connectivity index (χ2n) is 12.9. The molecule has 2 aromatic carbocycles. The highest BCUT2D eigenvalue weighted by Crippen LogP contribution is 2.47. The molecule has 1 saturated heterocycles. The number of benzene rings is 2. The lowest BCUT2D eigenvalue weighted by molar-refractivity contribution is -0.143. The molecular weight excluding hydrogens is 586 g/mol. The Morgan fingerprint density at radius 2 is 1.64 bits per heavy atom. The van der Waals surface area contributed by atoms with Crippen molar-refractivity contribution in [3.63, 3.8) is 0 Å². The van der Waals surface area contributed by atoms with Crippen LogP contribution >= 0.6 is 0 Å². The van der Waals surface area contributed by atoms with Gasteiger partial charge < -0.3 is 9.64 Å². The molecule has 0 radical (unpaired) electrons. The van der Waals surface area contributed by atoms with E-state index in [0.29, 0.717) is 30.7 Å². The van der Waals surface area contributed by atoms with E-state index in [-0.39, 0.29) is 35.4 Å². The van der Waals surface area contributed by atoms with Gasteiger partial charge in [0.1, 0.15) is 6.10 Å². The van der Waals surface area contributed by atoms with Crippen molar-refractivity contribution < 1.29 is 40.7 Å². The first-order chi connectivity index (χ1) is 20.2. The molecule has 4 rings (SSSR count). The van der Waals surface area contributed by atoms with E-state index in [1.165, 1.54) is 11.8 Å². The van der Waals surface area contributed by atoms with Gasteiger partial charge in [-0.3, -0.25) is 9.69 Å². The molecule has 240 valence electrons. The number of alkyl halides is 6. The Balaban J connectivity index is 1.79. The minimum absolute atomic E-state index is 0.0603. The van der Waals surface area contributed by atoms with Crippen LogP contribution in [0, 0.1) is 5.41 Å². The predicted molar refractivity (Wildman–Crippen MR) is 156 cm³/mol. The van der Waals surface area contributed by atoms with E-state index < -0.39 is 41.7 Å². The number of halogens is 6. The van der Waals surface area contributed by atoms with Crippen LogP contribution in [0.5, 0.6) is 0 Å². The standard InChI is InChI=1S/C33H38F6N2O3/c1-18(2)21-8-9-28(40(7)20(4)42)27(14-21)26-10-11-31(5,6)16-23(26)17-41-19(3)29(44-30(41)43)22-12-24(32(34,35)36)15-25(13-22)33(37,38)39/h8-9,12-15,18-19,29H,10-11,16-17H2,1-7H3/t19-,29-/m0/s1. The molecule has 2 amide bonds. The second-order valence-corrected chi connectivity index (χ2v) is 12.9. The first kappa shape index (κ1) is 33.4. The van der Waals surface area contributed by atoms with Gasteiger partial charge >= 0.3 is 18.4 Å². The number of hydrogen-bond donors (Lipinski definition) is 0. The van der Waals surface area contributed by atoms with Crippen molar-refractivity contribution in [1.29, 1.82) is 0 Å². The van der Waals surface area contributed by atoms with Gasteiger partial charge in [-0.05, 0) is 90.1 Å². The van der Waals surface area contributed by atoms with E-state index >= 15 is 0 Å². The second kappa shape index (κ2) is 11.8. The molecule has 0 N–H and O–H groups in total. The molecule has 2 aromatic rings. The first-order valence-electron chi connectivity index (χ1n) is 14.6. The third kappa shape index (κ3) is 6.91. The summed E-state index contributed by atoms with van der Waals surface area (Å²) in [5, 5.41) is 0. The fourth-order valence-corrected chi connectivity index (χ4v) is 6.01. The molecule has 1 aliphatic heterocycles. The van der Waals surface area contributed by atoms with E-state index in [9.17, 15) is 35.9 Å². The Morgan fingerprint density at radius 1 is 1.05 bits per heavy atom. The van der Waals surface area contributed by atoms with Gasteiger partial charge in [-0.2, -0.15) is 26.3 Å². The number of amides is 2. The number of carbonyl (C=O) groups excluding carboxylic acids is 2. The lowest BCUT2D eigenvalue weighted by atomic mass is 9.72. The van der Waals surface area contributed by atoms with Crippen molar-refractivity contribution in [2.45, 2.75) is 91.2 Å². The molecule has 5 nitrogen and oxygen atoms in total. The van der Waals surface area contributed by atoms with Crippen LogP contribution in [0.4, 0.5) is 36.8 Å². The van der Waals surface area contributed by atoms with Crippen LogP contribution in [0.25, 0.3) is 5.57 Å². The SMILES string of the molecule is CC(=O)N(C)c1ccc(C(C)C)cc1C1=C(CN2C(=O)O[C@H](c3cc(C(F)(F)F)cc(C(F)(F)F)c3)[C@@H]2C)CC(C)(C)CC1. The maximum atomic E-state index is 13.6. The highest BCUT2D eigenvalue weighted by molar-refractivity contribution is 5.95. The summed E-state index contributed by atoms with van der Waals surface area (Å²) in [6, 6.07) is 6.38. The summed E-state index contributed by atoms with van der Waals surface area (Å²) in [6.45, 7) is 11.4. The van der Waals surface area contributed by atoms with Crippen LogP contribution in [-0.4, -0.2) is 36.5 Å². The van der Waals surface area contributed by atoms with Crippen molar-refractivity contribution >= 4 is 23.3 Å². The van der Waals surface area contributed by atoms with Gasteiger partial charge in [0, 0.05) is 26.1 Å². The van der Waals surface area contributed by atoms with Crippen LogP contribution in [0.1, 0.15) is 101 Å². The van der Waals surface area contributed by atoms with Gasteiger partial charge in [-0.1, -0.05) is 33.8 Å². The summed E-state index contributed by atoms with van der Waals surface area (Å²) in [6.07, 6.45) is -10.1. The third-order valence-electron chi connectivity index (χ3n) is 8.71. The Hall–Kier alpha value is -3.50. The molecule has 1 fully saturated rings. The highest BCUT2D eigenvalue weighted by Gasteiger charge is 2.44. The molecule has 44 heavy (non-hydrogen) atoms. The molecule has 0 aromatic heterocycles. The topological polar surface area (TPSA) is 49.9 Å². The molecular formula is C33H38F6N2O3. The zero-order chi connectivity index (χ0) is 32.9. The number of hydrogen-bond acceptors (Lipinski definition) is 3. The van der Waals surface area contributed by atoms with Crippen molar-refractivity contribution in [1.82, 2.24) is 4.90 Å². The average molecular weight is 625 g/mol. The Labute approximate surface area is 253 Å². The zero-order valence-electron chi connectivity index (χ0n) is 25.9. The molecule has 2 atom stereocenters. The summed E-state index contributed by atoms with van der Waals surface area (Å²) in [5.74, 6) is 0.0543. The first-order valence-corrected chi connectivity index (χ1v) is 14.6. The van der Waals surface area contributed by atoms with E-state index in [1.807, 2.05) is 12.1 Å². The molecule has 0 unspecified atom stereocenters. The lowest BCUT2D eigenvalue weighted by Gasteiger charge is -2.36. The fraction of sp³-hybridized carbons (Fsp3) is 0.515. The molecule has 1 aliphatic carbocycles. The van der Waals surface area contributed by atoms with E-state index in [4.69, 9.17) is 4.74 Å². The maximum absolute atomic E-state index is 13.6. The molecule has 1 heterocycles. The lowest BCUT2D eigenvalue weighted by Crippen LogP contribution is -2.36. The van der Waals surface area contributed by atoms with Gasteiger partial charge in [-0.25, -0.2) is 4.79 Å². The smallest absolute Gasteiger partial charge is 0.416 e. The monoisotopic (exact) mass is 624 g/mol. The number of cyclic esters (lactones) is 1. The van der Waals surface area contributed by atoms with Crippen molar-refractivity contribution in [3.05, 3.63) is 69.8 Å². The molecule has 2 aliphatic rings. The molecule has 0 bridgehead atoms. The number of allylic oxidation sites excluding steroid dienone is 1. The molecule has 0 spiro atoms. The van der Waals surface area contributed by atoms with Crippen molar-refractivity contribution in [2.24, 2.45) is 5.41 Å². The summed E-state index contributed by atoms with van der Waals surface area (Å²) >= 11 is 0. The largest absolute Gasteiger partial charge is 0.439 e. The van der Waals surface area contributed by atoms with Gasteiger partial charge in [-0.15, -0.1) is 0 Å². The molecule has 0 saturated carbocycles. The number of nitrogens with zero attached hydrogens (tertiary/aromatic N) is 2. The molecule has 11 heteroatoms. The predicted octanol–water partition coefficient (Wildman–Crippen LogP) is 9.38. The van der Waals surface area contributed by atoms with Gasteiger partial charge in [0.15, 0.2) is 0 Å². The van der Waals surface area contributed by atoms with Crippen LogP contribution in [-0.2, 0) is 21.9 Å². The summed E-state index contributed by atoms with van der Waals surface area (Å²) < 4.78 is 86.8.